The first-order valence-corrected chi connectivity index (χ1v) is 6.57. The van der Waals surface area contributed by atoms with E-state index in [2.05, 4.69) is 4.74 Å². The Hall–Kier alpha value is -1.10. The van der Waals surface area contributed by atoms with Crippen molar-refractivity contribution in [1.29, 1.82) is 5.26 Å². The van der Waals surface area contributed by atoms with Crippen molar-refractivity contribution in [3.63, 3.8) is 0 Å². The van der Waals surface area contributed by atoms with Gasteiger partial charge in [-0.1, -0.05) is 11.6 Å². The van der Waals surface area contributed by atoms with Gasteiger partial charge >= 0.3 is 6.61 Å². The minimum Gasteiger partial charge on any atom is -0.433 e. The van der Waals surface area contributed by atoms with Gasteiger partial charge < -0.3 is 4.74 Å². The Labute approximate surface area is 105 Å². The monoisotopic (exact) mass is 301 g/mol. The fourth-order valence-corrected chi connectivity index (χ4v) is 2.16. The van der Waals surface area contributed by atoms with E-state index in [1.165, 1.54) is 0 Å². The van der Waals surface area contributed by atoms with Gasteiger partial charge in [-0.3, -0.25) is 0 Å². The van der Waals surface area contributed by atoms with Crippen LogP contribution < -0.4 is 4.74 Å². The third kappa shape index (κ3) is 3.43. The molecule has 0 aromatic heterocycles. The van der Waals surface area contributed by atoms with E-state index in [0.29, 0.717) is 0 Å². The number of nitrogens with zero attached hydrogens (tertiary/aromatic N) is 1. The van der Waals surface area contributed by atoms with Crippen LogP contribution in [0.1, 0.15) is 5.56 Å². The molecule has 0 fully saturated rings. The average Bonchev–Trinajstić information content (AvgIpc) is 2.14. The van der Waals surface area contributed by atoms with Crippen molar-refractivity contribution in [2.45, 2.75) is 11.5 Å². The Morgan fingerprint density at radius 3 is 2.41 bits per heavy atom. The van der Waals surface area contributed by atoms with E-state index in [9.17, 15) is 17.2 Å². The van der Waals surface area contributed by atoms with Gasteiger partial charge in [0.25, 0.3) is 9.05 Å². The first-order valence-electron chi connectivity index (χ1n) is 3.89. The Morgan fingerprint density at radius 2 is 2.00 bits per heavy atom. The second kappa shape index (κ2) is 5.04. The van der Waals surface area contributed by atoms with Crippen LogP contribution >= 0.6 is 22.3 Å². The maximum Gasteiger partial charge on any atom is 0.387 e. The number of hydrogen-bond donors (Lipinski definition) is 0. The van der Waals surface area contributed by atoms with Crippen molar-refractivity contribution in [3.05, 3.63) is 22.7 Å². The van der Waals surface area contributed by atoms with Crippen LogP contribution in [0.5, 0.6) is 5.75 Å². The Bertz CT molecular complexity index is 583. The molecule has 0 aliphatic rings. The van der Waals surface area contributed by atoms with Gasteiger partial charge in [0.1, 0.15) is 16.7 Å². The van der Waals surface area contributed by atoms with E-state index < -0.39 is 26.3 Å². The number of nitriles is 1. The Morgan fingerprint density at radius 1 is 1.41 bits per heavy atom. The molecule has 4 nitrogen and oxygen atoms in total. The zero-order valence-electron chi connectivity index (χ0n) is 7.82. The lowest BCUT2D eigenvalue weighted by atomic mass is 10.2. The highest BCUT2D eigenvalue weighted by Crippen LogP contribution is 2.33. The minimum absolute atomic E-state index is 0.215. The molecule has 0 heterocycles. The van der Waals surface area contributed by atoms with Crippen LogP contribution in [0.15, 0.2) is 17.0 Å². The standard InChI is InChI=1S/C8H3Cl2F2NO3S/c9-5-2-6(16-8(11)12)7(17(10,14)15)1-4(5)3-13/h1-2,8H. The molecule has 0 saturated carbocycles. The summed E-state index contributed by atoms with van der Waals surface area (Å²) in [6.07, 6.45) is 0. The normalized spacial score (nSPS) is 11.3. The summed E-state index contributed by atoms with van der Waals surface area (Å²) in [5.74, 6) is -0.709. The molecule has 0 aliphatic heterocycles. The van der Waals surface area contributed by atoms with E-state index in [4.69, 9.17) is 27.5 Å². The van der Waals surface area contributed by atoms with Crippen LogP contribution in [0, 0.1) is 11.3 Å². The minimum atomic E-state index is -4.32. The summed E-state index contributed by atoms with van der Waals surface area (Å²) in [4.78, 5) is -0.736. The summed E-state index contributed by atoms with van der Waals surface area (Å²) in [6.45, 7) is -3.24. The third-order valence-electron chi connectivity index (χ3n) is 1.63. The number of benzene rings is 1. The summed E-state index contributed by atoms with van der Waals surface area (Å²) in [5.41, 5.74) is -0.215. The topological polar surface area (TPSA) is 67.2 Å². The van der Waals surface area contributed by atoms with Gasteiger partial charge in [0, 0.05) is 16.7 Å². The average molecular weight is 302 g/mol. The molecule has 0 unspecified atom stereocenters. The maximum atomic E-state index is 12.0. The van der Waals surface area contributed by atoms with Crippen LogP contribution in [0.2, 0.25) is 5.02 Å². The molecule has 92 valence electrons. The van der Waals surface area contributed by atoms with Crippen LogP contribution in [0.3, 0.4) is 0 Å². The van der Waals surface area contributed by atoms with E-state index in [1.54, 1.807) is 6.07 Å². The number of rotatable bonds is 3. The predicted molar refractivity (Wildman–Crippen MR) is 55.8 cm³/mol. The third-order valence-corrected chi connectivity index (χ3v) is 3.29. The molecule has 0 atom stereocenters. The van der Waals surface area contributed by atoms with E-state index in [1.807, 2.05) is 0 Å². The van der Waals surface area contributed by atoms with E-state index >= 15 is 0 Å². The van der Waals surface area contributed by atoms with Gasteiger partial charge in [0.15, 0.2) is 0 Å². The fraction of sp³-hybridized carbons (Fsp3) is 0.125. The molecule has 1 rings (SSSR count). The molecule has 0 spiro atoms. The molecule has 0 radical (unpaired) electrons. The van der Waals surface area contributed by atoms with Gasteiger partial charge in [-0.2, -0.15) is 14.0 Å². The van der Waals surface area contributed by atoms with Gasteiger partial charge in [-0.15, -0.1) is 0 Å². The molecular formula is C8H3Cl2F2NO3S. The van der Waals surface area contributed by atoms with Crippen LogP contribution in [-0.2, 0) is 9.05 Å². The summed E-state index contributed by atoms with van der Waals surface area (Å²) >= 11 is 5.55. The highest BCUT2D eigenvalue weighted by molar-refractivity contribution is 8.13. The Kier molecular flexibility index (Phi) is 4.14. The number of hydrogen-bond acceptors (Lipinski definition) is 4. The second-order valence-electron chi connectivity index (χ2n) is 2.71. The first-order chi connectivity index (χ1) is 7.75. The van der Waals surface area contributed by atoms with Crippen molar-refractivity contribution >= 4 is 31.3 Å². The molecule has 0 amide bonds. The molecule has 17 heavy (non-hydrogen) atoms. The molecule has 0 N–H and O–H groups in total. The summed E-state index contributed by atoms with van der Waals surface area (Å²) in [5, 5.41) is 8.40. The zero-order chi connectivity index (χ0) is 13.2. The van der Waals surface area contributed by atoms with Crippen molar-refractivity contribution in [2.24, 2.45) is 0 Å². The van der Waals surface area contributed by atoms with E-state index in [0.717, 1.165) is 12.1 Å². The van der Waals surface area contributed by atoms with Crippen molar-refractivity contribution in [3.8, 4) is 11.8 Å². The SMILES string of the molecule is N#Cc1cc(S(=O)(=O)Cl)c(OC(F)F)cc1Cl. The molecular weight excluding hydrogens is 299 g/mol. The molecule has 9 heteroatoms. The molecule has 0 saturated heterocycles. The van der Waals surface area contributed by atoms with Crippen molar-refractivity contribution < 1.29 is 21.9 Å². The fourth-order valence-electron chi connectivity index (χ4n) is 0.999. The molecule has 0 aliphatic carbocycles. The van der Waals surface area contributed by atoms with Gasteiger partial charge in [0.05, 0.1) is 10.6 Å². The lowest BCUT2D eigenvalue weighted by Gasteiger charge is -2.09. The van der Waals surface area contributed by atoms with Gasteiger partial charge in [-0.05, 0) is 6.07 Å². The highest BCUT2D eigenvalue weighted by atomic mass is 35.7. The Balaban J connectivity index is 3.49. The second-order valence-corrected chi connectivity index (χ2v) is 5.65. The van der Waals surface area contributed by atoms with Crippen LogP contribution in [0.4, 0.5) is 8.78 Å². The maximum absolute atomic E-state index is 12.0. The largest absolute Gasteiger partial charge is 0.433 e. The number of halogens is 4. The molecule has 1 aromatic rings. The first kappa shape index (κ1) is 14.0. The predicted octanol–water partition coefficient (Wildman–Crippen LogP) is 2.74. The van der Waals surface area contributed by atoms with E-state index in [-0.39, 0.29) is 10.6 Å². The lowest BCUT2D eigenvalue weighted by molar-refractivity contribution is -0.0517. The number of ether oxygens (including phenoxy) is 1. The molecule has 1 aromatic carbocycles. The number of alkyl halides is 2. The van der Waals surface area contributed by atoms with Crippen molar-refractivity contribution in [1.82, 2.24) is 0 Å². The quantitative estimate of drug-likeness (QED) is 0.805. The zero-order valence-corrected chi connectivity index (χ0v) is 10.2. The smallest absolute Gasteiger partial charge is 0.387 e. The van der Waals surface area contributed by atoms with Crippen LogP contribution in [-0.4, -0.2) is 15.0 Å². The van der Waals surface area contributed by atoms with Crippen LogP contribution in [0.25, 0.3) is 0 Å². The van der Waals surface area contributed by atoms with Gasteiger partial charge in [0.2, 0.25) is 0 Å². The summed E-state index contributed by atoms with van der Waals surface area (Å²) in [6, 6.07) is 3.15. The highest BCUT2D eigenvalue weighted by Gasteiger charge is 2.22. The summed E-state index contributed by atoms with van der Waals surface area (Å²) in [7, 11) is 0.699. The van der Waals surface area contributed by atoms with Gasteiger partial charge in [-0.25, -0.2) is 8.42 Å². The molecule has 0 bridgehead atoms. The lowest BCUT2D eigenvalue weighted by Crippen LogP contribution is -2.06. The summed E-state index contributed by atoms with van der Waals surface area (Å²) < 4.78 is 50.2. The van der Waals surface area contributed by atoms with Crippen molar-refractivity contribution in [2.75, 3.05) is 0 Å².